The molecule has 0 unspecified atom stereocenters. The molecule has 0 rings (SSSR count). The zero-order chi connectivity index (χ0) is 38.2. The summed E-state index contributed by atoms with van der Waals surface area (Å²) in [6.07, 6.45) is 23.3. The molecule has 12 nitrogen and oxygen atoms in total. The maximum absolute atomic E-state index is 10.9. The molecule has 0 saturated heterocycles. The second-order valence-electron chi connectivity index (χ2n) is 12.8. The number of hydrogen-bond donors (Lipinski definition) is 0. The van der Waals surface area contributed by atoms with E-state index in [1.807, 2.05) is 0 Å². The minimum atomic E-state index is -0.455. The fourth-order valence-corrected chi connectivity index (χ4v) is 5.09. The molecular weight excluding hydrogens is 684 g/mol. The molecule has 0 aliphatic carbocycles. The van der Waals surface area contributed by atoms with E-state index in [1.165, 1.54) is 96.3 Å². The smallest absolute Gasteiger partial charge is 0.330 e. The number of carbonyl (C=O) groups is 1. The summed E-state index contributed by atoms with van der Waals surface area (Å²) >= 11 is 0. The van der Waals surface area contributed by atoms with Crippen LogP contribution in [0.4, 0.5) is 0 Å². The van der Waals surface area contributed by atoms with Crippen molar-refractivity contribution in [3.8, 4) is 0 Å². The Morgan fingerprint density at radius 1 is 0.321 bits per heavy atom. The minimum Gasteiger partial charge on any atom is -0.460 e. The van der Waals surface area contributed by atoms with Crippen molar-refractivity contribution in [2.75, 3.05) is 139 Å². The molecule has 0 N–H and O–H groups in total. The highest BCUT2D eigenvalue weighted by atomic mass is 16.6. The summed E-state index contributed by atoms with van der Waals surface area (Å²) in [4.78, 5) is 10.9. The van der Waals surface area contributed by atoms with Gasteiger partial charge in [-0.25, -0.2) is 4.79 Å². The van der Waals surface area contributed by atoms with Gasteiger partial charge < -0.3 is 52.1 Å². The molecule has 0 atom stereocenters. The normalized spacial score (nSPS) is 11.4. The topological polar surface area (TPSA) is 119 Å². The average molecular weight is 765 g/mol. The molecular formula is C41H80O12. The van der Waals surface area contributed by atoms with Gasteiger partial charge in [0.25, 0.3) is 0 Å². The summed E-state index contributed by atoms with van der Waals surface area (Å²) in [6, 6.07) is 0. The fraction of sp³-hybridized carbons (Fsp3) is 0.927. The second-order valence-corrected chi connectivity index (χ2v) is 12.8. The lowest BCUT2D eigenvalue weighted by atomic mass is 10.0. The summed E-state index contributed by atoms with van der Waals surface area (Å²) in [5, 5.41) is 0. The molecule has 0 amide bonds. The second kappa shape index (κ2) is 48.8. The van der Waals surface area contributed by atoms with Crippen LogP contribution in [0.2, 0.25) is 0 Å². The number of unbranched alkanes of at least 4 members (excludes halogenated alkanes) is 15. The Hall–Kier alpha value is -1.19. The average Bonchev–Trinajstić information content (AvgIpc) is 3.17. The summed E-state index contributed by atoms with van der Waals surface area (Å²) < 4.78 is 59.7. The van der Waals surface area contributed by atoms with Gasteiger partial charge in [0.2, 0.25) is 0 Å². The van der Waals surface area contributed by atoms with E-state index in [-0.39, 0.29) is 6.61 Å². The number of carbonyl (C=O) groups excluding carboxylic acids is 1. The first-order chi connectivity index (χ1) is 26.3. The first-order valence-corrected chi connectivity index (χ1v) is 20.9. The van der Waals surface area contributed by atoms with Crippen LogP contribution in [0.1, 0.15) is 110 Å². The maximum Gasteiger partial charge on any atom is 0.330 e. The lowest BCUT2D eigenvalue weighted by Crippen LogP contribution is -2.15. The van der Waals surface area contributed by atoms with Gasteiger partial charge >= 0.3 is 5.97 Å². The molecule has 0 aromatic heterocycles. The third-order valence-electron chi connectivity index (χ3n) is 8.13. The predicted octanol–water partition coefficient (Wildman–Crippen LogP) is 7.14. The number of ether oxygens (including phenoxy) is 11. The number of hydrogen-bond acceptors (Lipinski definition) is 12. The lowest BCUT2D eigenvalue weighted by Gasteiger charge is -2.09. The number of esters is 1. The van der Waals surface area contributed by atoms with E-state index in [0.29, 0.717) is 126 Å². The van der Waals surface area contributed by atoms with Crippen LogP contribution >= 0.6 is 0 Å². The SMILES string of the molecule is C=CC(=O)OCCOCCOCCOCCOCCOCCOCCOCCOCCOCCOCCCCCCCCCCCCCCCCCC. The van der Waals surface area contributed by atoms with Crippen molar-refractivity contribution in [3.63, 3.8) is 0 Å². The largest absolute Gasteiger partial charge is 0.460 e. The van der Waals surface area contributed by atoms with E-state index in [1.54, 1.807) is 0 Å². The third-order valence-corrected chi connectivity index (χ3v) is 8.13. The van der Waals surface area contributed by atoms with Gasteiger partial charge in [0, 0.05) is 12.7 Å². The van der Waals surface area contributed by atoms with Gasteiger partial charge in [-0.3, -0.25) is 0 Å². The summed E-state index contributed by atoms with van der Waals surface area (Å²) in [5.41, 5.74) is 0. The molecule has 12 heteroatoms. The molecule has 0 aliphatic rings. The van der Waals surface area contributed by atoms with Gasteiger partial charge in [0.15, 0.2) is 0 Å². The van der Waals surface area contributed by atoms with Crippen LogP contribution in [0.3, 0.4) is 0 Å². The standard InChI is InChI=1S/C41H80O12/c1-3-5-6-7-8-9-10-11-12-13-14-15-16-17-18-19-20-43-21-22-44-23-24-45-25-26-46-27-28-47-29-30-48-31-32-49-33-34-50-35-36-51-37-38-52-39-40-53-41(42)4-2/h4H,2-3,5-40H2,1H3. The Balaban J connectivity index is 3.06. The van der Waals surface area contributed by atoms with Crippen molar-refractivity contribution < 1.29 is 56.9 Å². The van der Waals surface area contributed by atoms with Crippen molar-refractivity contribution in [1.29, 1.82) is 0 Å². The molecule has 53 heavy (non-hydrogen) atoms. The molecule has 0 aromatic carbocycles. The van der Waals surface area contributed by atoms with Crippen molar-refractivity contribution in [2.45, 2.75) is 110 Å². The van der Waals surface area contributed by atoms with Gasteiger partial charge in [-0.2, -0.15) is 0 Å². The third kappa shape index (κ3) is 48.8. The Bertz CT molecular complexity index is 700. The van der Waals surface area contributed by atoms with E-state index in [4.69, 9.17) is 52.1 Å². The molecule has 0 heterocycles. The first-order valence-electron chi connectivity index (χ1n) is 20.9. The lowest BCUT2D eigenvalue weighted by molar-refractivity contribution is -0.139. The van der Waals surface area contributed by atoms with Crippen LogP contribution in [-0.4, -0.2) is 145 Å². The highest BCUT2D eigenvalue weighted by Gasteiger charge is 1.99. The van der Waals surface area contributed by atoms with Crippen LogP contribution in [0.15, 0.2) is 12.7 Å². The predicted molar refractivity (Wildman–Crippen MR) is 209 cm³/mol. The van der Waals surface area contributed by atoms with E-state index in [2.05, 4.69) is 13.5 Å². The zero-order valence-electron chi connectivity index (χ0n) is 33.8. The molecule has 0 aromatic rings. The van der Waals surface area contributed by atoms with Crippen molar-refractivity contribution in [1.82, 2.24) is 0 Å². The maximum atomic E-state index is 10.9. The fourth-order valence-electron chi connectivity index (χ4n) is 5.09. The summed E-state index contributed by atoms with van der Waals surface area (Å²) in [6.45, 7) is 16.3. The Morgan fingerprint density at radius 3 is 0.774 bits per heavy atom. The summed E-state index contributed by atoms with van der Waals surface area (Å²) in [5.74, 6) is -0.455. The molecule has 0 saturated carbocycles. The zero-order valence-corrected chi connectivity index (χ0v) is 33.8. The molecule has 0 bridgehead atoms. The van der Waals surface area contributed by atoms with Gasteiger partial charge in [-0.15, -0.1) is 0 Å². The van der Waals surface area contributed by atoms with Crippen LogP contribution in [0.5, 0.6) is 0 Å². The van der Waals surface area contributed by atoms with Gasteiger partial charge in [-0.1, -0.05) is 110 Å². The molecule has 316 valence electrons. The monoisotopic (exact) mass is 765 g/mol. The van der Waals surface area contributed by atoms with Crippen molar-refractivity contribution >= 4 is 5.97 Å². The van der Waals surface area contributed by atoms with Crippen molar-refractivity contribution in [2.24, 2.45) is 0 Å². The van der Waals surface area contributed by atoms with Crippen LogP contribution in [0.25, 0.3) is 0 Å². The Kier molecular flexibility index (Phi) is 47.7. The highest BCUT2D eigenvalue weighted by Crippen LogP contribution is 2.13. The summed E-state index contributed by atoms with van der Waals surface area (Å²) in [7, 11) is 0. The van der Waals surface area contributed by atoms with Crippen LogP contribution < -0.4 is 0 Å². The van der Waals surface area contributed by atoms with E-state index >= 15 is 0 Å². The molecule has 0 fully saturated rings. The quantitative estimate of drug-likeness (QED) is 0.0356. The Morgan fingerprint density at radius 2 is 0.528 bits per heavy atom. The molecule has 0 radical (unpaired) electrons. The van der Waals surface area contributed by atoms with E-state index in [9.17, 15) is 4.79 Å². The van der Waals surface area contributed by atoms with Crippen LogP contribution in [-0.2, 0) is 56.9 Å². The Labute approximate surface area is 323 Å². The van der Waals surface area contributed by atoms with Crippen LogP contribution in [0, 0.1) is 0 Å². The van der Waals surface area contributed by atoms with Crippen molar-refractivity contribution in [3.05, 3.63) is 12.7 Å². The van der Waals surface area contributed by atoms with Gasteiger partial charge in [0.05, 0.1) is 126 Å². The molecule has 0 aliphatic heterocycles. The highest BCUT2D eigenvalue weighted by molar-refractivity contribution is 5.81. The van der Waals surface area contributed by atoms with Gasteiger partial charge in [0.1, 0.15) is 6.61 Å². The minimum absolute atomic E-state index is 0.202. The van der Waals surface area contributed by atoms with Gasteiger partial charge in [-0.05, 0) is 6.42 Å². The molecule has 0 spiro atoms. The van der Waals surface area contributed by atoms with E-state index in [0.717, 1.165) is 19.1 Å². The first kappa shape index (κ1) is 51.8. The number of rotatable bonds is 48. The van der Waals surface area contributed by atoms with E-state index < -0.39 is 5.97 Å².